The summed E-state index contributed by atoms with van der Waals surface area (Å²) in [6.07, 6.45) is 1.72. The summed E-state index contributed by atoms with van der Waals surface area (Å²) in [7, 11) is 3.22. The van der Waals surface area contributed by atoms with Crippen LogP contribution >= 0.6 is 0 Å². The second-order valence-corrected chi connectivity index (χ2v) is 8.04. The number of nitrogens with zero attached hydrogens (tertiary/aromatic N) is 1. The van der Waals surface area contributed by atoms with Gasteiger partial charge in [-0.3, -0.25) is 9.78 Å². The van der Waals surface area contributed by atoms with Crippen LogP contribution in [-0.2, 0) is 0 Å². The van der Waals surface area contributed by atoms with Gasteiger partial charge in [0.25, 0.3) is 0 Å². The van der Waals surface area contributed by atoms with Crippen molar-refractivity contribution < 1.29 is 19.0 Å². The highest BCUT2D eigenvalue weighted by molar-refractivity contribution is 5.93. The SMILES string of the molecule is COc1cc2nccc(Oc3ccc4cc(N)ccc4c3C)c2cc1OC.NC(=O)c1ccccc1. The zero-order valence-electron chi connectivity index (χ0n) is 20.3. The average molecular weight is 482 g/mol. The normalized spacial score (nSPS) is 10.4. The summed E-state index contributed by atoms with van der Waals surface area (Å²) in [6.45, 7) is 2.04. The van der Waals surface area contributed by atoms with Gasteiger partial charge in [-0.2, -0.15) is 0 Å². The highest BCUT2D eigenvalue weighted by Crippen LogP contribution is 2.38. The van der Waals surface area contributed by atoms with E-state index in [9.17, 15) is 4.79 Å². The first-order chi connectivity index (χ1) is 17.4. The molecule has 0 atom stereocenters. The molecule has 0 spiro atoms. The first-order valence-electron chi connectivity index (χ1n) is 11.2. The summed E-state index contributed by atoms with van der Waals surface area (Å²) in [5, 5.41) is 3.05. The predicted octanol–water partition coefficient (Wildman–Crippen LogP) is 5.87. The number of primary amides is 1. The Balaban J connectivity index is 0.000000286. The first-order valence-corrected chi connectivity index (χ1v) is 11.2. The molecule has 0 radical (unpaired) electrons. The molecule has 0 aliphatic carbocycles. The standard InChI is InChI=1S/C22H20N2O3.C7H7NO/c1-13-16-6-5-15(23)10-14(16)4-7-19(13)27-20-8-9-24-18-12-22(26-3)21(25-2)11-17(18)20;8-7(9)6-4-2-1-3-5-6/h4-12H,23H2,1-3H3;1-5H,(H2,8,9). The second-order valence-electron chi connectivity index (χ2n) is 8.04. The molecule has 0 saturated heterocycles. The Bertz CT molecular complexity index is 1530. The summed E-state index contributed by atoms with van der Waals surface area (Å²) in [5.41, 5.74) is 14.0. The van der Waals surface area contributed by atoms with Crippen LogP contribution in [-0.4, -0.2) is 25.1 Å². The number of carbonyl (C=O) groups is 1. The number of carbonyl (C=O) groups excluding carboxylic acids is 1. The molecule has 0 saturated carbocycles. The number of fused-ring (bicyclic) bond motifs is 2. The van der Waals surface area contributed by atoms with Gasteiger partial charge in [-0.1, -0.05) is 30.3 Å². The molecule has 4 aromatic carbocycles. The van der Waals surface area contributed by atoms with Crippen molar-refractivity contribution in [3.63, 3.8) is 0 Å². The van der Waals surface area contributed by atoms with E-state index >= 15 is 0 Å². The van der Waals surface area contributed by atoms with Gasteiger partial charge >= 0.3 is 0 Å². The van der Waals surface area contributed by atoms with Crippen LogP contribution in [0.25, 0.3) is 21.7 Å². The van der Waals surface area contributed by atoms with Crippen LogP contribution in [0.2, 0.25) is 0 Å². The lowest BCUT2D eigenvalue weighted by Crippen LogP contribution is -2.09. The molecule has 7 heteroatoms. The van der Waals surface area contributed by atoms with E-state index in [-0.39, 0.29) is 5.91 Å². The molecule has 0 fully saturated rings. The Labute approximate surface area is 209 Å². The fourth-order valence-electron chi connectivity index (χ4n) is 3.85. The lowest BCUT2D eigenvalue weighted by molar-refractivity contribution is 0.100. The van der Waals surface area contributed by atoms with Crippen LogP contribution in [0.5, 0.6) is 23.0 Å². The average Bonchev–Trinajstić information content (AvgIpc) is 2.90. The van der Waals surface area contributed by atoms with Crippen LogP contribution in [0.3, 0.4) is 0 Å². The first kappa shape index (κ1) is 24.3. The van der Waals surface area contributed by atoms with Crippen molar-refractivity contribution in [1.29, 1.82) is 0 Å². The maximum atomic E-state index is 10.4. The van der Waals surface area contributed by atoms with Crippen molar-refractivity contribution >= 4 is 33.3 Å². The Morgan fingerprint density at radius 3 is 2.17 bits per heavy atom. The largest absolute Gasteiger partial charge is 0.493 e. The number of nitrogens with two attached hydrogens (primary N) is 2. The number of aromatic nitrogens is 1. The van der Waals surface area contributed by atoms with E-state index in [4.69, 9.17) is 25.7 Å². The number of pyridine rings is 1. The Morgan fingerprint density at radius 2 is 1.50 bits per heavy atom. The minimum absolute atomic E-state index is 0.379. The number of aryl methyl sites for hydroxylation is 1. The van der Waals surface area contributed by atoms with Crippen molar-refractivity contribution in [2.75, 3.05) is 20.0 Å². The number of benzene rings is 4. The topological polar surface area (TPSA) is 110 Å². The van der Waals surface area contributed by atoms with Crippen molar-refractivity contribution in [3.8, 4) is 23.0 Å². The molecule has 4 N–H and O–H groups in total. The molecule has 0 bridgehead atoms. The van der Waals surface area contributed by atoms with Crippen LogP contribution in [0.1, 0.15) is 15.9 Å². The minimum atomic E-state index is -0.379. The summed E-state index contributed by atoms with van der Waals surface area (Å²) >= 11 is 0. The molecule has 0 aliphatic rings. The van der Waals surface area contributed by atoms with Crippen molar-refractivity contribution in [1.82, 2.24) is 4.98 Å². The van der Waals surface area contributed by atoms with Gasteiger partial charge in [0.15, 0.2) is 11.5 Å². The fraction of sp³-hybridized carbons (Fsp3) is 0.103. The monoisotopic (exact) mass is 481 g/mol. The highest BCUT2D eigenvalue weighted by atomic mass is 16.5. The molecule has 1 aromatic heterocycles. The number of amides is 1. The van der Waals surface area contributed by atoms with Gasteiger partial charge < -0.3 is 25.7 Å². The summed E-state index contributed by atoms with van der Waals surface area (Å²) in [5.74, 6) is 2.38. The van der Waals surface area contributed by atoms with E-state index in [1.165, 1.54) is 0 Å². The third-order valence-corrected chi connectivity index (χ3v) is 5.75. The van der Waals surface area contributed by atoms with Gasteiger partial charge in [0, 0.05) is 28.9 Å². The predicted molar refractivity (Wildman–Crippen MR) is 143 cm³/mol. The summed E-state index contributed by atoms with van der Waals surface area (Å²) < 4.78 is 17.1. The van der Waals surface area contributed by atoms with Gasteiger partial charge in [-0.25, -0.2) is 0 Å². The van der Waals surface area contributed by atoms with E-state index in [0.29, 0.717) is 22.8 Å². The minimum Gasteiger partial charge on any atom is -0.493 e. The lowest BCUT2D eigenvalue weighted by Gasteiger charge is -2.14. The van der Waals surface area contributed by atoms with E-state index < -0.39 is 0 Å². The number of methoxy groups -OCH3 is 2. The maximum absolute atomic E-state index is 10.4. The molecule has 1 heterocycles. The maximum Gasteiger partial charge on any atom is 0.248 e. The molecular formula is C29H27N3O4. The molecule has 182 valence electrons. The lowest BCUT2D eigenvalue weighted by atomic mass is 10.0. The van der Waals surface area contributed by atoms with Crippen molar-refractivity contribution in [2.24, 2.45) is 5.73 Å². The third kappa shape index (κ3) is 5.15. The number of nitrogen functional groups attached to an aromatic ring is 1. The molecule has 36 heavy (non-hydrogen) atoms. The molecule has 1 amide bonds. The number of anilines is 1. The smallest absolute Gasteiger partial charge is 0.248 e. The van der Waals surface area contributed by atoms with Gasteiger partial charge in [0.1, 0.15) is 11.5 Å². The molecule has 0 aliphatic heterocycles. The Morgan fingerprint density at radius 1 is 0.778 bits per heavy atom. The van der Waals surface area contributed by atoms with E-state index in [1.807, 2.05) is 61.5 Å². The van der Waals surface area contributed by atoms with Crippen molar-refractivity contribution in [3.05, 3.63) is 96.2 Å². The number of rotatable bonds is 5. The van der Waals surface area contributed by atoms with E-state index in [2.05, 4.69) is 4.98 Å². The highest BCUT2D eigenvalue weighted by Gasteiger charge is 2.13. The summed E-state index contributed by atoms with van der Waals surface area (Å²) in [6, 6.07) is 24.2. The van der Waals surface area contributed by atoms with Gasteiger partial charge in [-0.05, 0) is 65.7 Å². The second kappa shape index (κ2) is 10.7. The third-order valence-electron chi connectivity index (χ3n) is 5.75. The van der Waals surface area contributed by atoms with Crippen LogP contribution in [0.15, 0.2) is 85.1 Å². The Hall–Kier alpha value is -4.78. The molecule has 0 unspecified atom stereocenters. The number of hydrogen-bond donors (Lipinski definition) is 2. The molecular weight excluding hydrogens is 454 g/mol. The quantitative estimate of drug-likeness (QED) is 0.304. The van der Waals surface area contributed by atoms with Crippen LogP contribution < -0.4 is 25.7 Å². The zero-order valence-corrected chi connectivity index (χ0v) is 20.3. The zero-order chi connectivity index (χ0) is 25.7. The number of hydrogen-bond acceptors (Lipinski definition) is 6. The Kier molecular flexibility index (Phi) is 7.20. The fourth-order valence-corrected chi connectivity index (χ4v) is 3.85. The van der Waals surface area contributed by atoms with Crippen LogP contribution in [0, 0.1) is 6.92 Å². The molecule has 5 aromatic rings. The molecule has 5 rings (SSSR count). The van der Waals surface area contributed by atoms with Gasteiger partial charge in [-0.15, -0.1) is 0 Å². The van der Waals surface area contributed by atoms with E-state index in [0.717, 1.165) is 38.7 Å². The molecule has 7 nitrogen and oxygen atoms in total. The number of ether oxygens (including phenoxy) is 3. The van der Waals surface area contributed by atoms with Gasteiger partial charge in [0.05, 0.1) is 19.7 Å². The van der Waals surface area contributed by atoms with Gasteiger partial charge in [0.2, 0.25) is 5.91 Å². The van der Waals surface area contributed by atoms with Crippen molar-refractivity contribution in [2.45, 2.75) is 6.92 Å². The van der Waals surface area contributed by atoms with Crippen LogP contribution in [0.4, 0.5) is 5.69 Å². The summed E-state index contributed by atoms with van der Waals surface area (Å²) in [4.78, 5) is 14.8. The van der Waals surface area contributed by atoms with E-state index in [1.54, 1.807) is 44.7 Å².